The first kappa shape index (κ1) is 12.7. The lowest BCUT2D eigenvalue weighted by molar-refractivity contribution is 0.325. The lowest BCUT2D eigenvalue weighted by atomic mass is 10.1. The number of hydrogen-bond acceptors (Lipinski definition) is 5. The zero-order valence-electron chi connectivity index (χ0n) is 11.7. The minimum Gasteiger partial charge on any atom is -0.478 e. The number of nitrogens with one attached hydrogen (secondary N) is 1. The summed E-state index contributed by atoms with van der Waals surface area (Å²) in [6.45, 7) is 6.65. The molecule has 0 aromatic carbocycles. The fourth-order valence-corrected chi connectivity index (χ4v) is 3.01. The third kappa shape index (κ3) is 2.81. The molecule has 5 nitrogen and oxygen atoms in total. The maximum atomic E-state index is 5.52. The molecule has 2 fully saturated rings. The molecular formula is C14H22N4O. The SMILES string of the molecule is CCOc1cc(C)nc(N2CCC3CCC(C2)N3)n1. The number of ether oxygens (including phenoxy) is 1. The summed E-state index contributed by atoms with van der Waals surface area (Å²) in [5.74, 6) is 1.50. The van der Waals surface area contributed by atoms with E-state index in [2.05, 4.69) is 20.2 Å². The second-order valence-electron chi connectivity index (χ2n) is 5.45. The van der Waals surface area contributed by atoms with Crippen LogP contribution in [0.2, 0.25) is 0 Å². The van der Waals surface area contributed by atoms with Gasteiger partial charge in [0.1, 0.15) is 0 Å². The molecule has 2 aliphatic rings. The largest absolute Gasteiger partial charge is 0.478 e. The zero-order valence-corrected chi connectivity index (χ0v) is 11.7. The first-order chi connectivity index (χ1) is 9.24. The summed E-state index contributed by atoms with van der Waals surface area (Å²) in [6.07, 6.45) is 3.76. The highest BCUT2D eigenvalue weighted by Gasteiger charge is 2.30. The van der Waals surface area contributed by atoms with Crippen LogP contribution in [0.5, 0.6) is 5.88 Å². The quantitative estimate of drug-likeness (QED) is 0.895. The van der Waals surface area contributed by atoms with Crippen molar-refractivity contribution in [3.63, 3.8) is 0 Å². The van der Waals surface area contributed by atoms with Crippen LogP contribution in [0.15, 0.2) is 6.07 Å². The summed E-state index contributed by atoms with van der Waals surface area (Å²) in [4.78, 5) is 11.4. The Labute approximate surface area is 114 Å². The molecule has 1 aromatic heterocycles. The zero-order chi connectivity index (χ0) is 13.2. The van der Waals surface area contributed by atoms with E-state index in [1.54, 1.807) is 0 Å². The highest BCUT2D eigenvalue weighted by Crippen LogP contribution is 2.24. The van der Waals surface area contributed by atoms with E-state index >= 15 is 0 Å². The molecule has 1 aromatic rings. The van der Waals surface area contributed by atoms with Crippen molar-refractivity contribution in [3.8, 4) is 5.88 Å². The molecule has 2 atom stereocenters. The maximum Gasteiger partial charge on any atom is 0.228 e. The molecule has 0 aliphatic carbocycles. The van der Waals surface area contributed by atoms with E-state index in [0.717, 1.165) is 24.7 Å². The van der Waals surface area contributed by atoms with E-state index < -0.39 is 0 Å². The molecule has 1 N–H and O–H groups in total. The smallest absolute Gasteiger partial charge is 0.228 e. The van der Waals surface area contributed by atoms with Gasteiger partial charge in [0.05, 0.1) is 6.61 Å². The molecule has 3 heterocycles. The first-order valence-electron chi connectivity index (χ1n) is 7.24. The summed E-state index contributed by atoms with van der Waals surface area (Å²) in [6, 6.07) is 3.17. The molecule has 0 radical (unpaired) electrons. The van der Waals surface area contributed by atoms with Gasteiger partial charge in [-0.15, -0.1) is 0 Å². The fourth-order valence-electron chi connectivity index (χ4n) is 3.01. The predicted octanol–water partition coefficient (Wildman–Crippen LogP) is 1.51. The van der Waals surface area contributed by atoms with Crippen molar-refractivity contribution in [3.05, 3.63) is 11.8 Å². The molecule has 2 aliphatic heterocycles. The van der Waals surface area contributed by atoms with Crippen molar-refractivity contribution >= 4 is 5.95 Å². The van der Waals surface area contributed by atoms with Crippen LogP contribution in [0.1, 0.15) is 31.9 Å². The number of anilines is 1. The van der Waals surface area contributed by atoms with Gasteiger partial charge in [-0.2, -0.15) is 4.98 Å². The molecule has 2 unspecified atom stereocenters. The summed E-state index contributed by atoms with van der Waals surface area (Å²) < 4.78 is 5.52. The summed E-state index contributed by atoms with van der Waals surface area (Å²) in [5.41, 5.74) is 0.968. The molecule has 3 rings (SSSR count). The number of rotatable bonds is 3. The van der Waals surface area contributed by atoms with Crippen LogP contribution in [0, 0.1) is 6.92 Å². The van der Waals surface area contributed by atoms with Gasteiger partial charge in [0.15, 0.2) is 0 Å². The normalized spacial score (nSPS) is 26.3. The summed E-state index contributed by atoms with van der Waals surface area (Å²) in [5, 5.41) is 3.68. The average Bonchev–Trinajstić information content (AvgIpc) is 2.68. The van der Waals surface area contributed by atoms with Crippen LogP contribution in [0.3, 0.4) is 0 Å². The monoisotopic (exact) mass is 262 g/mol. The molecule has 2 bridgehead atoms. The second-order valence-corrected chi connectivity index (χ2v) is 5.45. The Morgan fingerprint density at radius 2 is 2.16 bits per heavy atom. The topological polar surface area (TPSA) is 50.3 Å². The molecule has 0 amide bonds. The average molecular weight is 262 g/mol. The minimum atomic E-state index is 0.590. The van der Waals surface area contributed by atoms with E-state index in [1.165, 1.54) is 19.3 Å². The molecule has 104 valence electrons. The highest BCUT2D eigenvalue weighted by molar-refractivity contribution is 5.35. The Balaban J connectivity index is 1.80. The molecule has 0 spiro atoms. The summed E-state index contributed by atoms with van der Waals surface area (Å²) in [7, 11) is 0. The number of aryl methyl sites for hydroxylation is 1. The van der Waals surface area contributed by atoms with Crippen molar-refractivity contribution in [2.45, 2.75) is 45.2 Å². The second kappa shape index (κ2) is 5.33. The van der Waals surface area contributed by atoms with Crippen molar-refractivity contribution < 1.29 is 4.74 Å². The number of fused-ring (bicyclic) bond motifs is 2. The Morgan fingerprint density at radius 1 is 1.32 bits per heavy atom. The predicted molar refractivity (Wildman–Crippen MR) is 74.7 cm³/mol. The maximum absolute atomic E-state index is 5.52. The van der Waals surface area contributed by atoms with Gasteiger partial charge in [-0.3, -0.25) is 0 Å². The van der Waals surface area contributed by atoms with Gasteiger partial charge in [-0.05, 0) is 33.1 Å². The van der Waals surface area contributed by atoms with Crippen LogP contribution >= 0.6 is 0 Å². The van der Waals surface area contributed by atoms with E-state index in [4.69, 9.17) is 4.74 Å². The molecule has 5 heteroatoms. The lowest BCUT2D eigenvalue weighted by Gasteiger charge is -2.24. The third-order valence-electron chi connectivity index (χ3n) is 3.92. The molecule has 19 heavy (non-hydrogen) atoms. The Kier molecular flexibility index (Phi) is 3.55. The van der Waals surface area contributed by atoms with Crippen LogP contribution in [-0.2, 0) is 0 Å². The van der Waals surface area contributed by atoms with E-state index in [1.807, 2.05) is 19.9 Å². The van der Waals surface area contributed by atoms with Gasteiger partial charge in [0.25, 0.3) is 0 Å². The number of hydrogen-bond donors (Lipinski definition) is 1. The molecule has 2 saturated heterocycles. The molecule has 0 saturated carbocycles. The van der Waals surface area contributed by atoms with Crippen LogP contribution in [0.4, 0.5) is 5.95 Å². The van der Waals surface area contributed by atoms with Gasteiger partial charge in [0, 0.05) is 36.9 Å². The van der Waals surface area contributed by atoms with Crippen LogP contribution in [0.25, 0.3) is 0 Å². The molecular weight excluding hydrogens is 240 g/mol. The Hall–Kier alpha value is -1.36. The van der Waals surface area contributed by atoms with Gasteiger partial charge < -0.3 is 15.0 Å². The van der Waals surface area contributed by atoms with Crippen molar-refractivity contribution in [2.75, 3.05) is 24.6 Å². The first-order valence-corrected chi connectivity index (χ1v) is 7.24. The van der Waals surface area contributed by atoms with Crippen LogP contribution < -0.4 is 15.0 Å². The van der Waals surface area contributed by atoms with E-state index in [9.17, 15) is 0 Å². The van der Waals surface area contributed by atoms with Crippen molar-refractivity contribution in [2.24, 2.45) is 0 Å². The highest BCUT2D eigenvalue weighted by atomic mass is 16.5. The standard InChI is InChI=1S/C14H22N4O/c1-3-19-13-8-10(2)15-14(17-13)18-7-6-11-4-5-12(9-18)16-11/h8,11-12,16H,3-7,9H2,1-2H3. The van der Waals surface area contributed by atoms with E-state index in [0.29, 0.717) is 24.6 Å². The number of nitrogens with zero attached hydrogens (tertiary/aromatic N) is 3. The minimum absolute atomic E-state index is 0.590. The number of aromatic nitrogens is 2. The summed E-state index contributed by atoms with van der Waals surface area (Å²) >= 11 is 0. The van der Waals surface area contributed by atoms with Gasteiger partial charge in [-0.1, -0.05) is 0 Å². The Morgan fingerprint density at radius 3 is 3.00 bits per heavy atom. The van der Waals surface area contributed by atoms with Gasteiger partial charge >= 0.3 is 0 Å². The van der Waals surface area contributed by atoms with Gasteiger partial charge in [0.2, 0.25) is 11.8 Å². The third-order valence-corrected chi connectivity index (χ3v) is 3.92. The fraction of sp³-hybridized carbons (Fsp3) is 0.714. The lowest BCUT2D eigenvalue weighted by Crippen LogP contribution is -2.36. The van der Waals surface area contributed by atoms with Gasteiger partial charge in [-0.25, -0.2) is 4.98 Å². The van der Waals surface area contributed by atoms with Crippen LogP contribution in [-0.4, -0.2) is 41.7 Å². The van der Waals surface area contributed by atoms with Crippen molar-refractivity contribution in [1.29, 1.82) is 0 Å². The Bertz CT molecular complexity index is 451. The van der Waals surface area contributed by atoms with E-state index in [-0.39, 0.29) is 0 Å². The van der Waals surface area contributed by atoms with Crippen molar-refractivity contribution in [1.82, 2.24) is 15.3 Å².